The molecular weight excluding hydrogens is 202 g/mol. The monoisotopic (exact) mass is 212 g/mol. The van der Waals surface area contributed by atoms with E-state index in [0.29, 0.717) is 0 Å². The molecule has 0 unspecified atom stereocenters. The molecule has 4 heteroatoms. The van der Waals surface area contributed by atoms with E-state index in [-0.39, 0.29) is 0 Å². The first-order valence-electron chi connectivity index (χ1n) is 4.75. The van der Waals surface area contributed by atoms with Gasteiger partial charge in [-0.15, -0.1) is 0 Å². The van der Waals surface area contributed by atoms with Crippen LogP contribution in [0.3, 0.4) is 0 Å². The van der Waals surface area contributed by atoms with Crippen molar-refractivity contribution < 1.29 is 18.7 Å². The van der Waals surface area contributed by atoms with Crippen molar-refractivity contribution in [3.63, 3.8) is 0 Å². The van der Waals surface area contributed by atoms with Crippen molar-refractivity contribution in [3.8, 4) is 0 Å². The summed E-state index contributed by atoms with van der Waals surface area (Å²) in [6, 6.07) is 4.13. The fourth-order valence-corrected chi connectivity index (χ4v) is 1.89. The molecule has 0 aliphatic heterocycles. The van der Waals surface area contributed by atoms with E-state index >= 15 is 0 Å². The fourth-order valence-electron chi connectivity index (χ4n) is 1.89. The van der Waals surface area contributed by atoms with Crippen LogP contribution in [-0.2, 0) is 23.6 Å². The smallest absolute Gasteiger partial charge is 0.379 e. The second-order valence-electron chi connectivity index (χ2n) is 3.72. The minimum absolute atomic E-state index is 0.421. The number of carboxylic acid groups (broad SMARTS) is 1. The van der Waals surface area contributed by atoms with Gasteiger partial charge in [-0.3, -0.25) is 0 Å². The molecule has 15 heavy (non-hydrogen) atoms. The Labute approximate surface area is 85.5 Å². The number of hydrogen-bond acceptors (Lipinski definition) is 1. The van der Waals surface area contributed by atoms with Crippen molar-refractivity contribution in [1.29, 1.82) is 0 Å². The predicted molar refractivity (Wildman–Crippen MR) is 50.0 cm³/mol. The molecule has 0 saturated carbocycles. The average molecular weight is 212 g/mol. The maximum Gasteiger partial charge on any atom is 0.379 e. The highest BCUT2D eigenvalue weighted by molar-refractivity contribution is 5.77. The summed E-state index contributed by atoms with van der Waals surface area (Å²) < 4.78 is 26.3. The first-order chi connectivity index (χ1) is 7.01. The Morgan fingerprint density at radius 1 is 1.27 bits per heavy atom. The van der Waals surface area contributed by atoms with Crippen LogP contribution in [0.5, 0.6) is 0 Å². The van der Waals surface area contributed by atoms with Crippen LogP contribution in [0.15, 0.2) is 18.2 Å². The van der Waals surface area contributed by atoms with Crippen LogP contribution in [0.1, 0.15) is 23.1 Å². The molecule has 2 rings (SSSR count). The van der Waals surface area contributed by atoms with Crippen LogP contribution >= 0.6 is 0 Å². The topological polar surface area (TPSA) is 37.3 Å². The third-order valence-corrected chi connectivity index (χ3v) is 2.73. The zero-order chi connectivity index (χ0) is 11.1. The number of alkyl halides is 2. The minimum Gasteiger partial charge on any atom is -0.477 e. The number of benzene rings is 1. The number of hydrogen-bond donors (Lipinski definition) is 1. The average Bonchev–Trinajstić information content (AvgIpc) is 2.63. The molecular formula is C11H10F2O2. The van der Waals surface area contributed by atoms with E-state index < -0.39 is 17.5 Å². The summed E-state index contributed by atoms with van der Waals surface area (Å²) in [5, 5.41) is 8.39. The molecule has 0 radical (unpaired) electrons. The van der Waals surface area contributed by atoms with Gasteiger partial charge >= 0.3 is 11.9 Å². The van der Waals surface area contributed by atoms with Gasteiger partial charge in [-0.05, 0) is 36.5 Å². The number of rotatable bonds is 2. The van der Waals surface area contributed by atoms with Crippen LogP contribution in [0, 0.1) is 0 Å². The molecule has 1 aliphatic rings. The van der Waals surface area contributed by atoms with Crippen LogP contribution in [0.4, 0.5) is 8.78 Å². The number of carbonyl (C=O) groups is 1. The van der Waals surface area contributed by atoms with E-state index in [1.165, 1.54) is 12.1 Å². The number of carboxylic acids is 1. The van der Waals surface area contributed by atoms with Crippen LogP contribution in [0.25, 0.3) is 0 Å². The van der Waals surface area contributed by atoms with E-state index in [9.17, 15) is 13.6 Å². The molecule has 1 N–H and O–H groups in total. The molecule has 0 atom stereocenters. The first-order valence-corrected chi connectivity index (χ1v) is 4.75. The Morgan fingerprint density at radius 3 is 2.60 bits per heavy atom. The Bertz CT molecular complexity index is 413. The number of aliphatic carboxylic acids is 1. The van der Waals surface area contributed by atoms with Gasteiger partial charge in [-0.25, -0.2) is 4.79 Å². The van der Waals surface area contributed by atoms with Gasteiger partial charge in [0, 0.05) is 5.56 Å². The van der Waals surface area contributed by atoms with Gasteiger partial charge in [0.05, 0.1) is 0 Å². The summed E-state index contributed by atoms with van der Waals surface area (Å²) in [5.41, 5.74) is 1.49. The lowest BCUT2D eigenvalue weighted by Crippen LogP contribution is -2.25. The molecule has 0 saturated heterocycles. The third kappa shape index (κ3) is 1.60. The molecule has 0 heterocycles. The zero-order valence-corrected chi connectivity index (χ0v) is 7.96. The summed E-state index contributed by atoms with van der Waals surface area (Å²) in [5.74, 6) is -5.88. The minimum atomic E-state index is -3.78. The molecule has 0 amide bonds. The van der Waals surface area contributed by atoms with Crippen LogP contribution in [0.2, 0.25) is 0 Å². The second kappa shape index (κ2) is 3.29. The third-order valence-electron chi connectivity index (χ3n) is 2.73. The molecule has 0 spiro atoms. The quantitative estimate of drug-likeness (QED) is 0.817. The highest BCUT2D eigenvalue weighted by Crippen LogP contribution is 2.32. The van der Waals surface area contributed by atoms with Crippen molar-refractivity contribution in [3.05, 3.63) is 34.9 Å². The maximum atomic E-state index is 13.1. The van der Waals surface area contributed by atoms with Gasteiger partial charge < -0.3 is 5.11 Å². The standard InChI is InChI=1S/C11H10F2O2/c12-11(13,10(14)15)9-5-4-7-2-1-3-8(7)6-9/h4-6H,1-3H2,(H,14,15). The first kappa shape index (κ1) is 10.1. The highest BCUT2D eigenvalue weighted by atomic mass is 19.3. The van der Waals surface area contributed by atoms with Crippen LogP contribution < -0.4 is 0 Å². The lowest BCUT2D eigenvalue weighted by molar-refractivity contribution is -0.166. The Morgan fingerprint density at radius 2 is 1.93 bits per heavy atom. The fraction of sp³-hybridized carbons (Fsp3) is 0.364. The summed E-state index contributed by atoms with van der Waals surface area (Å²) in [6.07, 6.45) is 2.62. The molecule has 1 aromatic rings. The van der Waals surface area contributed by atoms with Gasteiger partial charge in [0.1, 0.15) is 0 Å². The van der Waals surface area contributed by atoms with Gasteiger partial charge in [-0.1, -0.05) is 12.1 Å². The molecule has 2 nitrogen and oxygen atoms in total. The molecule has 0 aromatic heterocycles. The maximum absolute atomic E-state index is 13.1. The summed E-state index contributed by atoms with van der Waals surface area (Å²) >= 11 is 0. The lowest BCUT2D eigenvalue weighted by atomic mass is 10.0. The van der Waals surface area contributed by atoms with Gasteiger partial charge in [-0.2, -0.15) is 8.78 Å². The SMILES string of the molecule is O=C(O)C(F)(F)c1ccc2c(c1)CCC2. The summed E-state index contributed by atoms with van der Waals surface area (Å²) in [7, 11) is 0. The van der Waals surface area contributed by atoms with Crippen molar-refractivity contribution in [1.82, 2.24) is 0 Å². The number of fused-ring (bicyclic) bond motifs is 1. The van der Waals surface area contributed by atoms with E-state index in [2.05, 4.69) is 0 Å². The molecule has 80 valence electrons. The summed E-state index contributed by atoms with van der Waals surface area (Å²) in [6.45, 7) is 0. The number of aryl methyl sites for hydroxylation is 2. The molecule has 1 aromatic carbocycles. The molecule has 0 bridgehead atoms. The van der Waals surface area contributed by atoms with Crippen molar-refractivity contribution >= 4 is 5.97 Å². The van der Waals surface area contributed by atoms with E-state index in [1.54, 1.807) is 6.07 Å². The van der Waals surface area contributed by atoms with Crippen molar-refractivity contribution in [2.45, 2.75) is 25.2 Å². The van der Waals surface area contributed by atoms with E-state index in [1.807, 2.05) is 0 Å². The van der Waals surface area contributed by atoms with Crippen LogP contribution in [-0.4, -0.2) is 11.1 Å². The largest absolute Gasteiger partial charge is 0.477 e. The van der Waals surface area contributed by atoms with E-state index in [4.69, 9.17) is 5.11 Å². The Kier molecular flexibility index (Phi) is 2.21. The van der Waals surface area contributed by atoms with E-state index in [0.717, 1.165) is 30.4 Å². The molecule has 0 fully saturated rings. The van der Waals surface area contributed by atoms with Crippen molar-refractivity contribution in [2.75, 3.05) is 0 Å². The normalized spacial score (nSPS) is 15.1. The van der Waals surface area contributed by atoms with Crippen molar-refractivity contribution in [2.24, 2.45) is 0 Å². The van der Waals surface area contributed by atoms with Gasteiger partial charge in [0.2, 0.25) is 0 Å². The highest BCUT2D eigenvalue weighted by Gasteiger charge is 2.41. The van der Waals surface area contributed by atoms with Gasteiger partial charge in [0.25, 0.3) is 0 Å². The zero-order valence-electron chi connectivity index (χ0n) is 7.96. The predicted octanol–water partition coefficient (Wildman–Crippen LogP) is 2.35. The molecule has 1 aliphatic carbocycles. The Balaban J connectivity index is 2.42. The summed E-state index contributed by atoms with van der Waals surface area (Å²) in [4.78, 5) is 10.4. The van der Waals surface area contributed by atoms with Gasteiger partial charge in [0.15, 0.2) is 0 Å². The number of halogens is 2. The lowest BCUT2D eigenvalue weighted by Gasteiger charge is -2.12. The Hall–Kier alpha value is -1.45. The second-order valence-corrected chi connectivity index (χ2v) is 3.72.